The summed E-state index contributed by atoms with van der Waals surface area (Å²) in [6.07, 6.45) is 0. The van der Waals surface area contributed by atoms with Gasteiger partial charge in [0.05, 0.1) is 11.6 Å². The van der Waals surface area contributed by atoms with Crippen molar-refractivity contribution < 1.29 is 18.7 Å². The molecule has 0 saturated carbocycles. The first-order valence-corrected chi connectivity index (χ1v) is 7.73. The van der Waals surface area contributed by atoms with Crippen LogP contribution in [0.25, 0.3) is 0 Å². The van der Waals surface area contributed by atoms with Crippen LogP contribution in [0.4, 0.5) is 4.39 Å². The third-order valence-electron chi connectivity index (χ3n) is 3.18. The monoisotopic (exact) mass is 379 g/mol. The molecule has 0 aliphatic heterocycles. The van der Waals surface area contributed by atoms with Gasteiger partial charge in [0.2, 0.25) is 0 Å². The van der Waals surface area contributed by atoms with Crippen molar-refractivity contribution in [2.75, 3.05) is 6.61 Å². The molecule has 2 rings (SSSR count). The van der Waals surface area contributed by atoms with Crippen LogP contribution in [0, 0.1) is 5.82 Å². The van der Waals surface area contributed by atoms with E-state index in [0.717, 1.165) is 16.1 Å². The smallest absolute Gasteiger partial charge is 0.341 e. The predicted molar refractivity (Wildman–Crippen MR) is 87.4 cm³/mol. The summed E-state index contributed by atoms with van der Waals surface area (Å²) in [5, 5.41) is 2.72. The Labute approximate surface area is 141 Å². The lowest BCUT2D eigenvalue weighted by Gasteiger charge is -2.15. The van der Waals surface area contributed by atoms with E-state index in [1.165, 1.54) is 18.2 Å². The Balaban J connectivity index is 1.89. The highest BCUT2D eigenvalue weighted by Gasteiger charge is 2.16. The van der Waals surface area contributed by atoms with Gasteiger partial charge >= 0.3 is 5.97 Å². The van der Waals surface area contributed by atoms with Crippen molar-refractivity contribution in [2.24, 2.45) is 0 Å². The second-order valence-electron chi connectivity index (χ2n) is 4.87. The summed E-state index contributed by atoms with van der Waals surface area (Å²) in [6, 6.07) is 12.7. The van der Waals surface area contributed by atoms with Crippen LogP contribution in [0.3, 0.4) is 0 Å². The van der Waals surface area contributed by atoms with Gasteiger partial charge in [-0.25, -0.2) is 9.18 Å². The van der Waals surface area contributed by atoms with Gasteiger partial charge in [-0.15, -0.1) is 0 Å². The van der Waals surface area contributed by atoms with Crippen LogP contribution in [0.5, 0.6) is 0 Å². The number of ether oxygens (including phenoxy) is 1. The first-order chi connectivity index (χ1) is 11.0. The Hall–Kier alpha value is -2.21. The van der Waals surface area contributed by atoms with Gasteiger partial charge in [-0.1, -0.05) is 46.3 Å². The van der Waals surface area contributed by atoms with E-state index in [0.29, 0.717) is 0 Å². The van der Waals surface area contributed by atoms with Crippen molar-refractivity contribution >= 4 is 27.8 Å². The third kappa shape index (κ3) is 4.63. The maximum Gasteiger partial charge on any atom is 0.341 e. The Morgan fingerprint density at radius 2 is 1.83 bits per heavy atom. The van der Waals surface area contributed by atoms with E-state index in [9.17, 15) is 14.0 Å². The number of amides is 1. The molecular weight excluding hydrogens is 365 g/mol. The standard InChI is InChI=1S/C17H15BrFNO3/c1-11(12-6-2-4-8-14(12)18)20-16(21)10-23-17(22)13-7-3-5-9-15(13)19/h2-9,11H,10H2,1H3,(H,20,21)/t11-/m0/s1. The highest BCUT2D eigenvalue weighted by atomic mass is 79.9. The van der Waals surface area contributed by atoms with Gasteiger partial charge in [0.25, 0.3) is 5.91 Å². The molecule has 1 N–H and O–H groups in total. The van der Waals surface area contributed by atoms with E-state index >= 15 is 0 Å². The zero-order valence-corrected chi connectivity index (χ0v) is 14.0. The van der Waals surface area contributed by atoms with Gasteiger partial charge in [-0.05, 0) is 30.7 Å². The Morgan fingerprint density at radius 3 is 2.52 bits per heavy atom. The molecule has 23 heavy (non-hydrogen) atoms. The normalized spacial score (nSPS) is 11.6. The van der Waals surface area contributed by atoms with Crippen molar-refractivity contribution in [1.29, 1.82) is 0 Å². The average Bonchev–Trinajstić information content (AvgIpc) is 2.53. The minimum Gasteiger partial charge on any atom is -0.452 e. The fraction of sp³-hybridized carbons (Fsp3) is 0.176. The third-order valence-corrected chi connectivity index (χ3v) is 3.90. The van der Waals surface area contributed by atoms with E-state index in [2.05, 4.69) is 21.2 Å². The molecule has 2 aromatic carbocycles. The molecule has 0 radical (unpaired) electrons. The number of nitrogens with one attached hydrogen (secondary N) is 1. The first-order valence-electron chi connectivity index (χ1n) is 6.94. The van der Waals surface area contributed by atoms with Gasteiger partial charge in [-0.2, -0.15) is 0 Å². The highest BCUT2D eigenvalue weighted by molar-refractivity contribution is 9.10. The van der Waals surface area contributed by atoms with Crippen molar-refractivity contribution in [1.82, 2.24) is 5.32 Å². The molecule has 0 fully saturated rings. The van der Waals surface area contributed by atoms with E-state index in [4.69, 9.17) is 4.74 Å². The molecule has 0 unspecified atom stereocenters. The maximum absolute atomic E-state index is 13.4. The molecule has 0 heterocycles. The summed E-state index contributed by atoms with van der Waals surface area (Å²) < 4.78 is 19.1. The molecule has 4 nitrogen and oxygen atoms in total. The second-order valence-corrected chi connectivity index (χ2v) is 5.72. The second kappa shape index (κ2) is 7.87. The fourth-order valence-electron chi connectivity index (χ4n) is 2.02. The lowest BCUT2D eigenvalue weighted by molar-refractivity contribution is -0.124. The molecule has 0 saturated heterocycles. The number of hydrogen-bond donors (Lipinski definition) is 1. The van der Waals surface area contributed by atoms with E-state index in [1.807, 2.05) is 31.2 Å². The lowest BCUT2D eigenvalue weighted by atomic mass is 10.1. The number of rotatable bonds is 5. The minimum absolute atomic E-state index is 0.195. The number of esters is 1. The molecule has 0 aromatic heterocycles. The molecule has 0 spiro atoms. The number of hydrogen-bond acceptors (Lipinski definition) is 3. The molecule has 0 aliphatic rings. The molecule has 2 aromatic rings. The number of carbonyl (C=O) groups is 2. The van der Waals surface area contributed by atoms with Gasteiger partial charge in [0.1, 0.15) is 5.82 Å². The average molecular weight is 380 g/mol. The summed E-state index contributed by atoms with van der Waals surface area (Å²) in [7, 11) is 0. The largest absolute Gasteiger partial charge is 0.452 e. The summed E-state index contributed by atoms with van der Waals surface area (Å²) in [6.45, 7) is 1.35. The first kappa shape index (κ1) is 17.1. The van der Waals surface area contributed by atoms with Crippen molar-refractivity contribution in [3.63, 3.8) is 0 Å². The predicted octanol–water partition coefficient (Wildman–Crippen LogP) is 3.62. The van der Waals surface area contributed by atoms with Crippen LogP contribution in [0.2, 0.25) is 0 Å². The molecule has 0 bridgehead atoms. The fourth-order valence-corrected chi connectivity index (χ4v) is 2.65. The zero-order valence-electron chi connectivity index (χ0n) is 12.4. The highest BCUT2D eigenvalue weighted by Crippen LogP contribution is 2.22. The number of benzene rings is 2. The molecule has 1 atom stereocenters. The molecule has 0 aliphatic carbocycles. The topological polar surface area (TPSA) is 55.4 Å². The number of halogens is 2. The minimum atomic E-state index is -0.869. The van der Waals surface area contributed by atoms with Crippen LogP contribution in [0.15, 0.2) is 53.0 Å². The summed E-state index contributed by atoms with van der Waals surface area (Å²) in [4.78, 5) is 23.6. The Morgan fingerprint density at radius 1 is 1.17 bits per heavy atom. The van der Waals surface area contributed by atoms with Crippen LogP contribution in [-0.4, -0.2) is 18.5 Å². The number of carbonyl (C=O) groups excluding carboxylic acids is 2. The Bertz CT molecular complexity index is 720. The molecule has 120 valence electrons. The van der Waals surface area contributed by atoms with E-state index < -0.39 is 24.3 Å². The van der Waals surface area contributed by atoms with Gasteiger partial charge in [0.15, 0.2) is 6.61 Å². The van der Waals surface area contributed by atoms with Crippen molar-refractivity contribution in [3.8, 4) is 0 Å². The summed E-state index contributed by atoms with van der Waals surface area (Å²) >= 11 is 3.41. The summed E-state index contributed by atoms with van der Waals surface area (Å²) in [5.74, 6) is -2.01. The van der Waals surface area contributed by atoms with Crippen LogP contribution in [0.1, 0.15) is 28.9 Å². The Kier molecular flexibility index (Phi) is 5.87. The zero-order chi connectivity index (χ0) is 16.8. The van der Waals surface area contributed by atoms with E-state index in [1.54, 1.807) is 0 Å². The van der Waals surface area contributed by atoms with Crippen molar-refractivity contribution in [3.05, 3.63) is 69.9 Å². The van der Waals surface area contributed by atoms with Crippen LogP contribution in [-0.2, 0) is 9.53 Å². The van der Waals surface area contributed by atoms with Crippen LogP contribution >= 0.6 is 15.9 Å². The maximum atomic E-state index is 13.4. The molecule has 6 heteroatoms. The van der Waals surface area contributed by atoms with E-state index in [-0.39, 0.29) is 11.6 Å². The summed E-state index contributed by atoms with van der Waals surface area (Å²) in [5.41, 5.74) is 0.709. The lowest BCUT2D eigenvalue weighted by Crippen LogP contribution is -2.31. The quantitative estimate of drug-likeness (QED) is 0.807. The molecular formula is C17H15BrFNO3. The van der Waals surface area contributed by atoms with Gasteiger partial charge in [0, 0.05) is 4.47 Å². The SMILES string of the molecule is C[C@H](NC(=O)COC(=O)c1ccccc1F)c1ccccc1Br. The van der Waals surface area contributed by atoms with Crippen LogP contribution < -0.4 is 5.32 Å². The van der Waals surface area contributed by atoms with Gasteiger partial charge in [-0.3, -0.25) is 4.79 Å². The van der Waals surface area contributed by atoms with Gasteiger partial charge < -0.3 is 10.1 Å². The molecule has 1 amide bonds. The van der Waals surface area contributed by atoms with Crippen molar-refractivity contribution in [2.45, 2.75) is 13.0 Å².